The third kappa shape index (κ3) is 5.88. The maximum atomic E-state index is 11.1. The molecule has 0 atom stereocenters. The smallest absolute Gasteiger partial charge is 0.208 e. The number of anilines is 1. The van der Waals surface area contributed by atoms with Crippen molar-refractivity contribution in [1.82, 2.24) is 14.9 Å². The van der Waals surface area contributed by atoms with Crippen molar-refractivity contribution >= 4 is 21.7 Å². The van der Waals surface area contributed by atoms with E-state index in [0.29, 0.717) is 13.1 Å². The summed E-state index contributed by atoms with van der Waals surface area (Å²) < 4.78 is 24.7. The fourth-order valence-corrected chi connectivity index (χ4v) is 3.52. The summed E-state index contributed by atoms with van der Waals surface area (Å²) in [4.78, 5) is 9.22. The van der Waals surface area contributed by atoms with Crippen LogP contribution in [0.25, 0.3) is 0 Å². The predicted octanol–water partition coefficient (Wildman–Crippen LogP) is 0.940. The molecule has 7 nitrogen and oxygen atoms in total. The van der Waals surface area contributed by atoms with Crippen molar-refractivity contribution in [2.75, 3.05) is 57.0 Å². The minimum Gasteiger partial charge on any atom is -0.368 e. The molecule has 0 saturated carbocycles. The lowest BCUT2D eigenvalue weighted by Crippen LogP contribution is -2.52. The molecule has 1 aromatic carbocycles. The lowest BCUT2D eigenvalue weighted by molar-refractivity contribution is 0.372. The van der Waals surface area contributed by atoms with Crippen LogP contribution >= 0.6 is 0 Å². The van der Waals surface area contributed by atoms with Gasteiger partial charge in [-0.05, 0) is 38.0 Å². The summed E-state index contributed by atoms with van der Waals surface area (Å²) in [5.74, 6) is 0.850. The molecule has 2 N–H and O–H groups in total. The second kappa shape index (κ2) is 9.23. The highest BCUT2D eigenvalue weighted by Gasteiger charge is 2.21. The SMILES string of the molecule is CCNC(=NCCNS(C)(=O)=O)N1CCN(c2cccc(C)c2C)CC1. The molecule has 0 unspecified atom stereocenters. The molecule has 146 valence electrons. The zero-order valence-electron chi connectivity index (χ0n) is 16.2. The normalized spacial score (nSPS) is 16.1. The van der Waals surface area contributed by atoms with Gasteiger partial charge >= 0.3 is 0 Å². The standard InChI is InChI=1S/C18H31N5O2S/c1-5-19-18(20-9-10-21-26(4,24)25)23-13-11-22(12-14-23)17-8-6-7-15(2)16(17)3/h6-8,21H,5,9-14H2,1-4H3,(H,19,20). The molecule has 26 heavy (non-hydrogen) atoms. The number of rotatable bonds is 6. The number of sulfonamides is 1. The zero-order chi connectivity index (χ0) is 19.2. The Morgan fingerprint density at radius 2 is 1.88 bits per heavy atom. The Morgan fingerprint density at radius 1 is 1.19 bits per heavy atom. The van der Waals surface area contributed by atoms with Crippen molar-refractivity contribution in [3.8, 4) is 0 Å². The van der Waals surface area contributed by atoms with E-state index in [9.17, 15) is 8.42 Å². The first-order chi connectivity index (χ1) is 12.3. The molecule has 0 bridgehead atoms. The van der Waals surface area contributed by atoms with Crippen LogP contribution in [0.5, 0.6) is 0 Å². The van der Waals surface area contributed by atoms with Gasteiger partial charge in [0.05, 0.1) is 12.8 Å². The molecule has 1 aromatic rings. The molecule has 0 aliphatic carbocycles. The molecule has 1 aliphatic heterocycles. The van der Waals surface area contributed by atoms with Crippen LogP contribution in [-0.4, -0.2) is 71.3 Å². The highest BCUT2D eigenvalue weighted by atomic mass is 32.2. The fraction of sp³-hybridized carbons (Fsp3) is 0.611. The fourth-order valence-electron chi connectivity index (χ4n) is 3.06. The number of guanidine groups is 1. The number of piperazine rings is 1. The van der Waals surface area contributed by atoms with E-state index in [0.717, 1.165) is 44.9 Å². The van der Waals surface area contributed by atoms with Gasteiger partial charge in [-0.1, -0.05) is 12.1 Å². The van der Waals surface area contributed by atoms with Gasteiger partial charge in [0.2, 0.25) is 10.0 Å². The molecule has 1 aliphatic rings. The van der Waals surface area contributed by atoms with Crippen LogP contribution in [0.2, 0.25) is 0 Å². The quantitative estimate of drug-likeness (QED) is 0.436. The van der Waals surface area contributed by atoms with Gasteiger partial charge in [0.15, 0.2) is 5.96 Å². The van der Waals surface area contributed by atoms with Gasteiger partial charge in [-0.25, -0.2) is 13.1 Å². The number of nitrogens with zero attached hydrogens (tertiary/aromatic N) is 3. The molecular weight excluding hydrogens is 350 g/mol. The van der Waals surface area contributed by atoms with Gasteiger partial charge in [-0.3, -0.25) is 4.99 Å². The van der Waals surface area contributed by atoms with E-state index in [1.807, 2.05) is 6.92 Å². The summed E-state index contributed by atoms with van der Waals surface area (Å²) >= 11 is 0. The van der Waals surface area contributed by atoms with E-state index in [1.165, 1.54) is 16.8 Å². The van der Waals surface area contributed by atoms with Crippen molar-refractivity contribution in [3.63, 3.8) is 0 Å². The average molecular weight is 382 g/mol. The van der Waals surface area contributed by atoms with E-state index < -0.39 is 10.0 Å². The molecule has 0 aromatic heterocycles. The van der Waals surface area contributed by atoms with Crippen LogP contribution in [0.4, 0.5) is 5.69 Å². The number of benzene rings is 1. The third-order valence-corrected chi connectivity index (χ3v) is 5.30. The van der Waals surface area contributed by atoms with Crippen LogP contribution in [-0.2, 0) is 10.0 Å². The Bertz CT molecular complexity index is 725. The second-order valence-electron chi connectivity index (χ2n) is 6.60. The molecule has 2 rings (SSSR count). The first-order valence-corrected chi connectivity index (χ1v) is 11.0. The largest absolute Gasteiger partial charge is 0.368 e. The van der Waals surface area contributed by atoms with Gasteiger partial charge in [-0.2, -0.15) is 0 Å². The lowest BCUT2D eigenvalue weighted by Gasteiger charge is -2.38. The van der Waals surface area contributed by atoms with Crippen molar-refractivity contribution in [3.05, 3.63) is 29.3 Å². The van der Waals surface area contributed by atoms with Crippen LogP contribution < -0.4 is 14.9 Å². The molecule has 8 heteroatoms. The Morgan fingerprint density at radius 3 is 2.50 bits per heavy atom. The van der Waals surface area contributed by atoms with Crippen molar-refractivity contribution in [2.24, 2.45) is 4.99 Å². The summed E-state index contributed by atoms with van der Waals surface area (Å²) in [6.07, 6.45) is 1.16. The molecular formula is C18H31N5O2S. The Balaban J connectivity index is 1.95. The number of hydrogen-bond acceptors (Lipinski definition) is 4. The highest BCUT2D eigenvalue weighted by Crippen LogP contribution is 2.23. The van der Waals surface area contributed by atoms with Crippen LogP contribution in [0.15, 0.2) is 23.2 Å². The highest BCUT2D eigenvalue weighted by molar-refractivity contribution is 7.88. The van der Waals surface area contributed by atoms with Crippen molar-refractivity contribution in [1.29, 1.82) is 0 Å². The number of hydrogen-bond donors (Lipinski definition) is 2. The average Bonchev–Trinajstić information content (AvgIpc) is 2.59. The minimum absolute atomic E-state index is 0.316. The molecule has 0 radical (unpaired) electrons. The van der Waals surface area contributed by atoms with Crippen molar-refractivity contribution < 1.29 is 8.42 Å². The van der Waals surface area contributed by atoms with E-state index in [4.69, 9.17) is 0 Å². The first kappa shape index (κ1) is 20.5. The second-order valence-corrected chi connectivity index (χ2v) is 8.43. The zero-order valence-corrected chi connectivity index (χ0v) is 17.1. The van der Waals surface area contributed by atoms with E-state index in [-0.39, 0.29) is 0 Å². The maximum absolute atomic E-state index is 11.1. The van der Waals surface area contributed by atoms with E-state index in [2.05, 4.69) is 56.9 Å². The van der Waals surface area contributed by atoms with Crippen LogP contribution in [0, 0.1) is 13.8 Å². The number of nitrogens with one attached hydrogen (secondary N) is 2. The minimum atomic E-state index is -3.16. The molecule has 0 spiro atoms. The van der Waals surface area contributed by atoms with Gasteiger partial charge in [0, 0.05) is 45.0 Å². The summed E-state index contributed by atoms with van der Waals surface area (Å²) in [5.41, 5.74) is 3.97. The monoisotopic (exact) mass is 381 g/mol. The predicted molar refractivity (Wildman–Crippen MR) is 109 cm³/mol. The Labute approximate surface area is 157 Å². The van der Waals surface area contributed by atoms with Crippen LogP contribution in [0.3, 0.4) is 0 Å². The molecule has 1 heterocycles. The summed E-state index contributed by atoms with van der Waals surface area (Å²) in [6.45, 7) is 11.5. The summed E-state index contributed by atoms with van der Waals surface area (Å²) in [6, 6.07) is 6.45. The molecule has 1 fully saturated rings. The van der Waals surface area contributed by atoms with Crippen LogP contribution in [0.1, 0.15) is 18.1 Å². The lowest BCUT2D eigenvalue weighted by atomic mass is 10.1. The van der Waals surface area contributed by atoms with Gasteiger partial charge in [0.1, 0.15) is 0 Å². The maximum Gasteiger partial charge on any atom is 0.208 e. The Hall–Kier alpha value is -1.80. The molecule has 0 amide bonds. The van der Waals surface area contributed by atoms with Gasteiger partial charge in [0.25, 0.3) is 0 Å². The summed E-state index contributed by atoms with van der Waals surface area (Å²) in [5, 5.41) is 3.31. The van der Waals surface area contributed by atoms with E-state index >= 15 is 0 Å². The van der Waals surface area contributed by atoms with E-state index in [1.54, 1.807) is 0 Å². The Kier molecular flexibility index (Phi) is 7.28. The first-order valence-electron chi connectivity index (χ1n) is 9.11. The summed E-state index contributed by atoms with van der Waals surface area (Å²) in [7, 11) is -3.16. The number of aliphatic imine (C=N–C) groups is 1. The molecule has 1 saturated heterocycles. The van der Waals surface area contributed by atoms with Crippen molar-refractivity contribution in [2.45, 2.75) is 20.8 Å². The number of aryl methyl sites for hydroxylation is 1. The van der Waals surface area contributed by atoms with Gasteiger partial charge in [-0.15, -0.1) is 0 Å². The topological polar surface area (TPSA) is 77.0 Å². The van der Waals surface area contributed by atoms with Gasteiger partial charge < -0.3 is 15.1 Å². The third-order valence-electron chi connectivity index (χ3n) is 4.57.